The van der Waals surface area contributed by atoms with E-state index in [1.165, 1.54) is 5.56 Å². The molecule has 1 atom stereocenters. The Balaban J connectivity index is 1.74. The summed E-state index contributed by atoms with van der Waals surface area (Å²) in [7, 11) is 3.54. The smallest absolute Gasteiger partial charge is 0.131 e. The lowest BCUT2D eigenvalue weighted by molar-refractivity contribution is 0.218. The monoisotopic (exact) mass is 299 g/mol. The van der Waals surface area contributed by atoms with Crippen molar-refractivity contribution in [1.29, 1.82) is 0 Å². The Morgan fingerprint density at radius 1 is 1.32 bits per heavy atom. The topological polar surface area (TPSA) is 56.3 Å². The van der Waals surface area contributed by atoms with Gasteiger partial charge in [0.05, 0.1) is 13.7 Å². The van der Waals surface area contributed by atoms with Gasteiger partial charge in [0.15, 0.2) is 0 Å². The lowest BCUT2D eigenvalue weighted by atomic mass is 9.93. The molecule has 0 saturated heterocycles. The molecule has 3 rings (SSSR count). The lowest BCUT2D eigenvalue weighted by Crippen LogP contribution is -2.23. The number of nitrogens with one attached hydrogen (secondary N) is 1. The zero-order chi connectivity index (χ0) is 15.5. The number of fused-ring (bicyclic) bond motifs is 1. The molecule has 116 valence electrons. The molecule has 2 heterocycles. The van der Waals surface area contributed by atoms with Gasteiger partial charge in [-0.15, -0.1) is 0 Å². The summed E-state index contributed by atoms with van der Waals surface area (Å²) in [5.74, 6) is 3.89. The van der Waals surface area contributed by atoms with Crippen molar-refractivity contribution in [2.24, 2.45) is 5.92 Å². The van der Waals surface area contributed by atoms with Crippen LogP contribution in [0.5, 0.6) is 11.5 Å². The van der Waals surface area contributed by atoms with Crippen molar-refractivity contribution in [2.45, 2.75) is 19.8 Å². The van der Waals surface area contributed by atoms with Crippen molar-refractivity contribution >= 4 is 5.82 Å². The van der Waals surface area contributed by atoms with Gasteiger partial charge in [0.1, 0.15) is 23.1 Å². The molecule has 2 aromatic rings. The minimum atomic E-state index is 0.396. The van der Waals surface area contributed by atoms with Crippen LogP contribution in [0.15, 0.2) is 24.3 Å². The minimum Gasteiger partial charge on any atom is -0.497 e. The molecule has 0 aliphatic carbocycles. The van der Waals surface area contributed by atoms with Gasteiger partial charge in [0.2, 0.25) is 0 Å². The predicted octanol–water partition coefficient (Wildman–Crippen LogP) is 2.63. The van der Waals surface area contributed by atoms with Gasteiger partial charge in [-0.1, -0.05) is 6.07 Å². The van der Waals surface area contributed by atoms with Gasteiger partial charge in [-0.2, -0.15) is 0 Å². The normalized spacial score (nSPS) is 16.6. The van der Waals surface area contributed by atoms with Crippen LogP contribution in [-0.4, -0.2) is 30.7 Å². The summed E-state index contributed by atoms with van der Waals surface area (Å²) in [6, 6.07) is 7.96. The molecule has 1 aliphatic heterocycles. The molecule has 0 spiro atoms. The fourth-order valence-electron chi connectivity index (χ4n) is 2.78. The third kappa shape index (κ3) is 3.13. The van der Waals surface area contributed by atoms with E-state index in [9.17, 15) is 0 Å². The fraction of sp³-hybridized carbons (Fsp3) is 0.412. The molecule has 1 aromatic heterocycles. The van der Waals surface area contributed by atoms with Gasteiger partial charge >= 0.3 is 0 Å². The van der Waals surface area contributed by atoms with Crippen LogP contribution < -0.4 is 14.8 Å². The highest BCUT2D eigenvalue weighted by Gasteiger charge is 2.22. The maximum absolute atomic E-state index is 5.89. The molecule has 1 aromatic carbocycles. The molecule has 1 N–H and O–H groups in total. The van der Waals surface area contributed by atoms with Gasteiger partial charge in [0, 0.05) is 37.2 Å². The highest BCUT2D eigenvalue weighted by Crippen LogP contribution is 2.31. The second-order valence-electron chi connectivity index (χ2n) is 5.62. The molecule has 0 amide bonds. The number of nitrogens with zero attached hydrogens (tertiary/aromatic N) is 2. The van der Waals surface area contributed by atoms with E-state index in [1.54, 1.807) is 7.11 Å². The van der Waals surface area contributed by atoms with Gasteiger partial charge in [-0.3, -0.25) is 0 Å². The van der Waals surface area contributed by atoms with E-state index >= 15 is 0 Å². The van der Waals surface area contributed by atoms with Crippen molar-refractivity contribution < 1.29 is 9.47 Å². The summed E-state index contributed by atoms with van der Waals surface area (Å²) in [5, 5.41) is 3.08. The number of rotatable bonds is 4. The Morgan fingerprint density at radius 3 is 2.95 bits per heavy atom. The standard InChI is InChI=1S/C17H21N3O2/c1-11-6-16(18-2)20-17(19-11)8-12-7-13-4-5-14(21-3)9-15(13)22-10-12/h4-6,9,12H,7-8,10H2,1-3H3,(H,18,19,20)/t12-/m1/s1. The summed E-state index contributed by atoms with van der Waals surface area (Å²) in [5.41, 5.74) is 2.20. The number of aryl methyl sites for hydroxylation is 1. The second-order valence-corrected chi connectivity index (χ2v) is 5.62. The van der Waals surface area contributed by atoms with Crippen LogP contribution in [0.3, 0.4) is 0 Å². The molecule has 5 nitrogen and oxygen atoms in total. The van der Waals surface area contributed by atoms with Crippen LogP contribution in [0.1, 0.15) is 17.1 Å². The van der Waals surface area contributed by atoms with Crippen LogP contribution in [-0.2, 0) is 12.8 Å². The number of methoxy groups -OCH3 is 1. The molecule has 0 saturated carbocycles. The Kier molecular flexibility index (Phi) is 4.13. The predicted molar refractivity (Wildman–Crippen MR) is 85.7 cm³/mol. The van der Waals surface area contributed by atoms with Gasteiger partial charge in [-0.25, -0.2) is 9.97 Å². The van der Waals surface area contributed by atoms with Crippen LogP contribution >= 0.6 is 0 Å². The van der Waals surface area contributed by atoms with E-state index in [1.807, 2.05) is 32.2 Å². The Labute approximate surface area is 130 Å². The first-order chi connectivity index (χ1) is 10.7. The van der Waals surface area contributed by atoms with Crippen molar-refractivity contribution in [3.63, 3.8) is 0 Å². The van der Waals surface area contributed by atoms with Crippen molar-refractivity contribution in [3.8, 4) is 11.5 Å². The Morgan fingerprint density at radius 2 is 2.18 bits per heavy atom. The maximum atomic E-state index is 5.89. The quantitative estimate of drug-likeness (QED) is 0.940. The van der Waals surface area contributed by atoms with E-state index in [0.717, 1.165) is 41.7 Å². The molecular formula is C17H21N3O2. The van der Waals surface area contributed by atoms with Gasteiger partial charge in [0.25, 0.3) is 0 Å². The summed E-state index contributed by atoms with van der Waals surface area (Å²) in [6.07, 6.45) is 1.80. The summed E-state index contributed by atoms with van der Waals surface area (Å²) in [6.45, 7) is 2.68. The van der Waals surface area contributed by atoms with E-state index in [-0.39, 0.29) is 0 Å². The van der Waals surface area contributed by atoms with E-state index < -0.39 is 0 Å². The number of aromatic nitrogens is 2. The largest absolute Gasteiger partial charge is 0.497 e. The number of benzene rings is 1. The molecule has 0 unspecified atom stereocenters. The van der Waals surface area contributed by atoms with E-state index in [4.69, 9.17) is 9.47 Å². The van der Waals surface area contributed by atoms with Gasteiger partial charge in [-0.05, 0) is 25.0 Å². The number of ether oxygens (including phenoxy) is 2. The average molecular weight is 299 g/mol. The minimum absolute atomic E-state index is 0.396. The Bertz CT molecular complexity index is 673. The van der Waals surface area contributed by atoms with E-state index in [2.05, 4.69) is 21.4 Å². The number of hydrogen-bond donors (Lipinski definition) is 1. The third-order valence-corrected chi connectivity index (χ3v) is 3.89. The fourth-order valence-corrected chi connectivity index (χ4v) is 2.78. The number of anilines is 1. The first-order valence-electron chi connectivity index (χ1n) is 7.50. The zero-order valence-corrected chi connectivity index (χ0v) is 13.2. The first kappa shape index (κ1) is 14.6. The van der Waals surface area contributed by atoms with Gasteiger partial charge < -0.3 is 14.8 Å². The first-order valence-corrected chi connectivity index (χ1v) is 7.50. The third-order valence-electron chi connectivity index (χ3n) is 3.89. The Hall–Kier alpha value is -2.30. The van der Waals surface area contributed by atoms with Crippen molar-refractivity contribution in [2.75, 3.05) is 26.1 Å². The SMILES string of the molecule is CNc1cc(C)nc(C[C@@H]2COc3cc(OC)ccc3C2)n1. The van der Waals surface area contributed by atoms with Crippen LogP contribution in [0.2, 0.25) is 0 Å². The highest BCUT2D eigenvalue weighted by atomic mass is 16.5. The van der Waals surface area contributed by atoms with Crippen molar-refractivity contribution in [1.82, 2.24) is 9.97 Å². The average Bonchev–Trinajstić information content (AvgIpc) is 2.53. The molecule has 0 fully saturated rings. The van der Waals surface area contributed by atoms with Crippen LogP contribution in [0.25, 0.3) is 0 Å². The second kappa shape index (κ2) is 6.22. The molecule has 1 aliphatic rings. The molecule has 22 heavy (non-hydrogen) atoms. The molecule has 0 radical (unpaired) electrons. The van der Waals surface area contributed by atoms with Crippen LogP contribution in [0.4, 0.5) is 5.82 Å². The highest BCUT2D eigenvalue weighted by molar-refractivity contribution is 5.42. The van der Waals surface area contributed by atoms with E-state index in [0.29, 0.717) is 12.5 Å². The summed E-state index contributed by atoms with van der Waals surface area (Å²) < 4.78 is 11.1. The summed E-state index contributed by atoms with van der Waals surface area (Å²) >= 11 is 0. The number of hydrogen-bond acceptors (Lipinski definition) is 5. The molecular weight excluding hydrogens is 278 g/mol. The maximum Gasteiger partial charge on any atom is 0.131 e. The molecule has 0 bridgehead atoms. The van der Waals surface area contributed by atoms with Crippen LogP contribution in [0, 0.1) is 12.8 Å². The summed E-state index contributed by atoms with van der Waals surface area (Å²) in [4.78, 5) is 9.06. The molecule has 5 heteroatoms. The zero-order valence-electron chi connectivity index (χ0n) is 13.2. The lowest BCUT2D eigenvalue weighted by Gasteiger charge is -2.25. The van der Waals surface area contributed by atoms with Crippen molar-refractivity contribution in [3.05, 3.63) is 41.3 Å².